The van der Waals surface area contributed by atoms with Gasteiger partial charge in [-0.3, -0.25) is 10.1 Å². The Hall–Kier alpha value is -1.87. The SMILES string of the molecule is Cc1nnc(NC(=O)Cn2nnc(CCCO)c2C)s1. The van der Waals surface area contributed by atoms with Gasteiger partial charge in [-0.2, -0.15) is 0 Å². The average Bonchev–Trinajstić information content (AvgIpc) is 2.95. The van der Waals surface area contributed by atoms with E-state index in [0.717, 1.165) is 16.4 Å². The van der Waals surface area contributed by atoms with Crippen LogP contribution < -0.4 is 5.32 Å². The number of carbonyl (C=O) groups excluding carboxylic acids is 1. The van der Waals surface area contributed by atoms with E-state index in [0.29, 0.717) is 18.0 Å². The van der Waals surface area contributed by atoms with E-state index in [2.05, 4.69) is 25.8 Å². The van der Waals surface area contributed by atoms with Crippen LogP contribution in [-0.4, -0.2) is 42.8 Å². The minimum Gasteiger partial charge on any atom is -0.396 e. The molecule has 0 atom stereocenters. The first-order valence-electron chi connectivity index (χ1n) is 6.20. The number of aryl methyl sites for hydroxylation is 2. The third-order valence-electron chi connectivity index (χ3n) is 2.72. The molecule has 20 heavy (non-hydrogen) atoms. The lowest BCUT2D eigenvalue weighted by Crippen LogP contribution is -2.20. The van der Waals surface area contributed by atoms with Crippen molar-refractivity contribution in [3.8, 4) is 0 Å². The molecule has 0 spiro atoms. The van der Waals surface area contributed by atoms with E-state index in [4.69, 9.17) is 5.11 Å². The molecule has 0 saturated carbocycles. The van der Waals surface area contributed by atoms with Crippen molar-refractivity contribution < 1.29 is 9.90 Å². The first-order valence-corrected chi connectivity index (χ1v) is 7.01. The normalized spacial score (nSPS) is 10.8. The monoisotopic (exact) mass is 296 g/mol. The van der Waals surface area contributed by atoms with Crippen LogP contribution in [0.3, 0.4) is 0 Å². The van der Waals surface area contributed by atoms with E-state index >= 15 is 0 Å². The van der Waals surface area contributed by atoms with Gasteiger partial charge in [0.05, 0.1) is 11.4 Å². The number of aromatic nitrogens is 5. The standard InChI is InChI=1S/C11H16N6O2S/c1-7-9(4-3-5-18)14-16-17(7)6-10(19)12-11-15-13-8(2)20-11/h18H,3-6H2,1-2H3,(H,12,15,19). The van der Waals surface area contributed by atoms with Crippen LogP contribution >= 0.6 is 11.3 Å². The van der Waals surface area contributed by atoms with Gasteiger partial charge in [0.25, 0.3) is 0 Å². The number of carbonyl (C=O) groups is 1. The number of amides is 1. The summed E-state index contributed by atoms with van der Waals surface area (Å²) in [7, 11) is 0. The van der Waals surface area contributed by atoms with Crippen molar-refractivity contribution in [2.24, 2.45) is 0 Å². The molecule has 0 aromatic carbocycles. The van der Waals surface area contributed by atoms with Crippen molar-refractivity contribution in [1.82, 2.24) is 25.2 Å². The van der Waals surface area contributed by atoms with E-state index < -0.39 is 0 Å². The summed E-state index contributed by atoms with van der Waals surface area (Å²) in [5, 5.41) is 28.4. The van der Waals surface area contributed by atoms with Crippen LogP contribution in [-0.2, 0) is 17.8 Å². The molecule has 8 nitrogen and oxygen atoms in total. The summed E-state index contributed by atoms with van der Waals surface area (Å²) in [5.74, 6) is -0.220. The topological polar surface area (TPSA) is 106 Å². The number of hydrogen-bond acceptors (Lipinski definition) is 7. The maximum Gasteiger partial charge on any atom is 0.248 e. The average molecular weight is 296 g/mol. The highest BCUT2D eigenvalue weighted by atomic mass is 32.1. The third-order valence-corrected chi connectivity index (χ3v) is 3.47. The van der Waals surface area contributed by atoms with Gasteiger partial charge in [0.2, 0.25) is 11.0 Å². The molecule has 2 aromatic heterocycles. The quantitative estimate of drug-likeness (QED) is 0.794. The first-order chi connectivity index (χ1) is 9.60. The van der Waals surface area contributed by atoms with Crippen molar-refractivity contribution in [2.75, 3.05) is 11.9 Å². The van der Waals surface area contributed by atoms with Crippen molar-refractivity contribution >= 4 is 22.4 Å². The van der Waals surface area contributed by atoms with Gasteiger partial charge in [-0.05, 0) is 26.7 Å². The molecule has 0 bridgehead atoms. The third kappa shape index (κ3) is 3.58. The number of nitrogens with one attached hydrogen (secondary N) is 1. The predicted octanol–water partition coefficient (Wildman–Crippen LogP) is 0.310. The van der Waals surface area contributed by atoms with Crippen molar-refractivity contribution in [3.05, 3.63) is 16.4 Å². The second-order valence-corrected chi connectivity index (χ2v) is 5.46. The van der Waals surface area contributed by atoms with Gasteiger partial charge < -0.3 is 5.11 Å². The summed E-state index contributed by atoms with van der Waals surface area (Å²) in [4.78, 5) is 11.9. The summed E-state index contributed by atoms with van der Waals surface area (Å²) in [6, 6.07) is 0. The number of rotatable bonds is 6. The molecular weight excluding hydrogens is 280 g/mol. The smallest absolute Gasteiger partial charge is 0.248 e. The minimum atomic E-state index is -0.220. The van der Waals surface area contributed by atoms with Gasteiger partial charge in [0.1, 0.15) is 11.6 Å². The second-order valence-electron chi connectivity index (χ2n) is 4.28. The van der Waals surface area contributed by atoms with E-state index in [-0.39, 0.29) is 19.1 Å². The Morgan fingerprint density at radius 3 is 2.80 bits per heavy atom. The fourth-order valence-electron chi connectivity index (χ4n) is 1.67. The van der Waals surface area contributed by atoms with Crippen LogP contribution in [0.15, 0.2) is 0 Å². The van der Waals surface area contributed by atoms with Crippen molar-refractivity contribution in [1.29, 1.82) is 0 Å². The Morgan fingerprint density at radius 1 is 1.35 bits per heavy atom. The van der Waals surface area contributed by atoms with Crippen molar-refractivity contribution in [3.63, 3.8) is 0 Å². The lowest BCUT2D eigenvalue weighted by atomic mass is 10.2. The molecule has 1 amide bonds. The first kappa shape index (κ1) is 14.5. The summed E-state index contributed by atoms with van der Waals surface area (Å²) in [6.07, 6.45) is 1.29. The maximum absolute atomic E-state index is 11.9. The summed E-state index contributed by atoms with van der Waals surface area (Å²) >= 11 is 1.32. The molecule has 0 aliphatic rings. The van der Waals surface area contributed by atoms with Gasteiger partial charge in [-0.25, -0.2) is 4.68 Å². The minimum absolute atomic E-state index is 0.0799. The summed E-state index contributed by atoms with van der Waals surface area (Å²) in [5.41, 5.74) is 1.64. The predicted molar refractivity (Wildman–Crippen MR) is 73.4 cm³/mol. The van der Waals surface area contributed by atoms with Crippen LogP contribution in [0.5, 0.6) is 0 Å². The fourth-order valence-corrected chi connectivity index (χ4v) is 2.27. The number of nitrogens with zero attached hydrogens (tertiary/aromatic N) is 5. The van der Waals surface area contributed by atoms with Crippen LogP contribution in [0.2, 0.25) is 0 Å². The second kappa shape index (κ2) is 6.53. The molecule has 9 heteroatoms. The lowest BCUT2D eigenvalue weighted by molar-refractivity contribution is -0.117. The van der Waals surface area contributed by atoms with Gasteiger partial charge in [0.15, 0.2) is 0 Å². The van der Waals surface area contributed by atoms with Crippen LogP contribution in [0, 0.1) is 13.8 Å². The largest absolute Gasteiger partial charge is 0.396 e. The van der Waals surface area contributed by atoms with E-state index in [1.54, 1.807) is 0 Å². The Bertz CT molecular complexity index is 594. The molecule has 2 aromatic rings. The summed E-state index contributed by atoms with van der Waals surface area (Å²) in [6.45, 7) is 3.87. The van der Waals surface area contributed by atoms with E-state index in [1.807, 2.05) is 13.8 Å². The molecule has 0 aliphatic carbocycles. The number of anilines is 1. The van der Waals surface area contributed by atoms with Gasteiger partial charge >= 0.3 is 0 Å². The highest BCUT2D eigenvalue weighted by molar-refractivity contribution is 7.15. The molecule has 108 valence electrons. The zero-order valence-corrected chi connectivity index (χ0v) is 12.1. The van der Waals surface area contributed by atoms with Crippen LogP contribution in [0.1, 0.15) is 22.8 Å². The van der Waals surface area contributed by atoms with Crippen LogP contribution in [0.25, 0.3) is 0 Å². The number of aliphatic hydroxyl groups is 1. The van der Waals surface area contributed by atoms with E-state index in [1.165, 1.54) is 16.0 Å². The molecule has 0 fully saturated rings. The highest BCUT2D eigenvalue weighted by Crippen LogP contribution is 2.13. The zero-order chi connectivity index (χ0) is 14.5. The summed E-state index contributed by atoms with van der Waals surface area (Å²) < 4.78 is 1.54. The molecule has 0 radical (unpaired) electrons. The number of aliphatic hydroxyl groups excluding tert-OH is 1. The molecule has 2 N–H and O–H groups in total. The Kier molecular flexibility index (Phi) is 4.74. The van der Waals surface area contributed by atoms with Crippen LogP contribution in [0.4, 0.5) is 5.13 Å². The zero-order valence-electron chi connectivity index (χ0n) is 11.3. The van der Waals surface area contributed by atoms with Gasteiger partial charge in [-0.15, -0.1) is 15.3 Å². The fraction of sp³-hybridized carbons (Fsp3) is 0.545. The molecule has 2 heterocycles. The molecule has 0 aliphatic heterocycles. The Labute approximate surface area is 119 Å². The Balaban J connectivity index is 1.95. The molecule has 2 rings (SSSR count). The highest BCUT2D eigenvalue weighted by Gasteiger charge is 2.12. The van der Waals surface area contributed by atoms with Crippen molar-refractivity contribution in [2.45, 2.75) is 33.2 Å². The molecule has 0 unspecified atom stereocenters. The molecule has 0 saturated heterocycles. The van der Waals surface area contributed by atoms with E-state index in [9.17, 15) is 4.79 Å². The number of hydrogen-bond donors (Lipinski definition) is 2. The van der Waals surface area contributed by atoms with Gasteiger partial charge in [-0.1, -0.05) is 16.6 Å². The lowest BCUT2D eigenvalue weighted by Gasteiger charge is -2.03. The molecular formula is C11H16N6O2S. The van der Waals surface area contributed by atoms with Gasteiger partial charge in [0, 0.05) is 6.61 Å². The Morgan fingerprint density at radius 2 is 2.15 bits per heavy atom. The maximum atomic E-state index is 11.9.